The minimum Gasteiger partial charge on any atom is -0.507 e. The van der Waals surface area contributed by atoms with Crippen molar-refractivity contribution in [2.24, 2.45) is 0 Å². The summed E-state index contributed by atoms with van der Waals surface area (Å²) in [4.78, 5) is 12.1. The van der Waals surface area contributed by atoms with Crippen LogP contribution in [0.2, 0.25) is 0 Å². The van der Waals surface area contributed by atoms with E-state index in [4.69, 9.17) is 10.00 Å². The Labute approximate surface area is 120 Å². The van der Waals surface area contributed by atoms with Crippen LogP contribution in [0.15, 0.2) is 42.5 Å². The second kappa shape index (κ2) is 6.39. The van der Waals surface area contributed by atoms with E-state index in [-0.39, 0.29) is 17.9 Å². The molecule has 0 heterocycles. The van der Waals surface area contributed by atoms with Crippen LogP contribution < -0.4 is 10.1 Å². The number of hydrogen-bond donors (Lipinski definition) is 2. The van der Waals surface area contributed by atoms with Crippen LogP contribution in [0.4, 0.5) is 10.1 Å². The fraction of sp³-hybridized carbons (Fsp3) is 0.0667. The van der Waals surface area contributed by atoms with Crippen LogP contribution in [-0.4, -0.2) is 17.6 Å². The predicted molar refractivity (Wildman–Crippen MR) is 73.6 cm³/mol. The van der Waals surface area contributed by atoms with Gasteiger partial charge in [-0.15, -0.1) is 0 Å². The van der Waals surface area contributed by atoms with Crippen LogP contribution in [0, 0.1) is 17.1 Å². The Morgan fingerprint density at radius 2 is 2.10 bits per heavy atom. The summed E-state index contributed by atoms with van der Waals surface area (Å²) in [5.41, 5.74) is 0.131. The number of carbonyl (C=O) groups excluding carboxylic acids is 1. The van der Waals surface area contributed by atoms with Crippen molar-refractivity contribution in [3.63, 3.8) is 0 Å². The van der Waals surface area contributed by atoms with E-state index in [9.17, 15) is 14.3 Å². The van der Waals surface area contributed by atoms with Gasteiger partial charge in [0.25, 0.3) is 5.91 Å². The lowest BCUT2D eigenvalue weighted by Crippen LogP contribution is -2.13. The second-order valence-corrected chi connectivity index (χ2v) is 4.06. The van der Waals surface area contributed by atoms with Gasteiger partial charge in [0.2, 0.25) is 0 Å². The lowest BCUT2D eigenvalue weighted by molar-refractivity contribution is 0.102. The van der Waals surface area contributed by atoms with E-state index in [1.165, 1.54) is 0 Å². The third-order valence-corrected chi connectivity index (χ3v) is 2.63. The predicted octanol–water partition coefficient (Wildman–Crippen LogP) is 2.69. The molecule has 5 nitrogen and oxygen atoms in total. The molecule has 0 aliphatic heterocycles. The first-order valence-corrected chi connectivity index (χ1v) is 6.00. The molecule has 0 unspecified atom stereocenters. The van der Waals surface area contributed by atoms with Crippen molar-refractivity contribution in [2.75, 3.05) is 11.9 Å². The van der Waals surface area contributed by atoms with E-state index in [0.717, 1.165) is 18.2 Å². The molecule has 21 heavy (non-hydrogen) atoms. The molecule has 0 atom stereocenters. The molecule has 2 rings (SSSR count). The Bertz CT molecular complexity index is 710. The van der Waals surface area contributed by atoms with Gasteiger partial charge in [0.05, 0.1) is 11.3 Å². The fourth-order valence-corrected chi connectivity index (χ4v) is 1.69. The zero-order valence-corrected chi connectivity index (χ0v) is 10.8. The van der Waals surface area contributed by atoms with E-state index in [2.05, 4.69) is 5.32 Å². The van der Waals surface area contributed by atoms with Crippen LogP contribution in [0.5, 0.6) is 11.5 Å². The number of hydrogen-bond acceptors (Lipinski definition) is 4. The summed E-state index contributed by atoms with van der Waals surface area (Å²) >= 11 is 0. The van der Waals surface area contributed by atoms with Crippen molar-refractivity contribution in [3.05, 3.63) is 53.8 Å². The zero-order valence-electron chi connectivity index (χ0n) is 10.8. The number of nitrogens with one attached hydrogen (secondary N) is 1. The van der Waals surface area contributed by atoms with Gasteiger partial charge in [-0.2, -0.15) is 5.26 Å². The molecule has 0 aliphatic carbocycles. The molecule has 2 aromatic carbocycles. The van der Waals surface area contributed by atoms with Crippen molar-refractivity contribution < 1.29 is 19.0 Å². The Morgan fingerprint density at radius 1 is 1.33 bits per heavy atom. The summed E-state index contributed by atoms with van der Waals surface area (Å²) in [5, 5.41) is 20.6. The Kier molecular flexibility index (Phi) is 4.36. The minimum atomic E-state index is -0.681. The number of phenolic OH excluding ortho intramolecular Hbond substituents is 1. The van der Waals surface area contributed by atoms with Crippen molar-refractivity contribution in [1.29, 1.82) is 5.26 Å². The number of anilines is 1. The van der Waals surface area contributed by atoms with E-state index in [1.54, 1.807) is 24.3 Å². The number of halogens is 1. The van der Waals surface area contributed by atoms with Crippen LogP contribution in [0.1, 0.15) is 10.4 Å². The first kappa shape index (κ1) is 14.3. The van der Waals surface area contributed by atoms with Gasteiger partial charge >= 0.3 is 0 Å². The molecule has 0 saturated heterocycles. The lowest BCUT2D eigenvalue weighted by Gasteiger charge is -2.11. The number of amides is 1. The molecule has 0 aromatic heterocycles. The third-order valence-electron chi connectivity index (χ3n) is 2.63. The van der Waals surface area contributed by atoms with E-state index >= 15 is 0 Å². The zero-order chi connectivity index (χ0) is 15.2. The smallest absolute Gasteiger partial charge is 0.259 e. The molecule has 2 N–H and O–H groups in total. The molecule has 0 fully saturated rings. The number of phenols is 1. The summed E-state index contributed by atoms with van der Waals surface area (Å²) in [6, 6.07) is 11.4. The maximum Gasteiger partial charge on any atom is 0.259 e. The molecule has 1 amide bonds. The highest BCUT2D eigenvalue weighted by Crippen LogP contribution is 2.26. The summed E-state index contributed by atoms with van der Waals surface area (Å²) in [6.45, 7) is -0.169. The quantitative estimate of drug-likeness (QED) is 0.905. The summed E-state index contributed by atoms with van der Waals surface area (Å²) in [6.07, 6.45) is 0. The van der Waals surface area contributed by atoms with E-state index in [0.29, 0.717) is 11.4 Å². The van der Waals surface area contributed by atoms with Gasteiger partial charge in [-0.3, -0.25) is 4.79 Å². The van der Waals surface area contributed by atoms with Gasteiger partial charge in [-0.1, -0.05) is 12.1 Å². The lowest BCUT2D eigenvalue weighted by atomic mass is 10.1. The number of rotatable bonds is 4. The maximum atomic E-state index is 13.1. The standard InChI is InChI=1S/C15H11FN2O3/c16-10-5-6-13(19)11(9-10)15(20)18-12-3-1-2-4-14(12)21-8-7-17/h1-6,9,19H,8H2,(H,18,20). The third kappa shape index (κ3) is 3.48. The minimum absolute atomic E-state index is 0.169. The molecular formula is C15H11FN2O3. The number of carbonyl (C=O) groups is 1. The SMILES string of the molecule is N#CCOc1ccccc1NC(=O)c1cc(F)ccc1O. The van der Waals surface area contributed by atoms with E-state index < -0.39 is 11.7 Å². The average Bonchev–Trinajstić information content (AvgIpc) is 2.48. The van der Waals surface area contributed by atoms with E-state index in [1.807, 2.05) is 6.07 Å². The number of nitrogens with zero attached hydrogens (tertiary/aromatic N) is 1. The largest absolute Gasteiger partial charge is 0.507 e. The monoisotopic (exact) mass is 286 g/mol. The second-order valence-electron chi connectivity index (χ2n) is 4.06. The van der Waals surface area contributed by atoms with Gasteiger partial charge in [-0.25, -0.2) is 4.39 Å². The number of aromatic hydroxyl groups is 1. The maximum absolute atomic E-state index is 13.1. The van der Waals surface area contributed by atoms with Gasteiger partial charge < -0.3 is 15.2 Å². The summed E-state index contributed by atoms with van der Waals surface area (Å²) < 4.78 is 18.3. The molecule has 0 radical (unpaired) electrons. The summed E-state index contributed by atoms with van der Waals surface area (Å²) in [7, 11) is 0. The fourth-order valence-electron chi connectivity index (χ4n) is 1.69. The Balaban J connectivity index is 2.24. The van der Waals surface area contributed by atoms with Gasteiger partial charge in [-0.05, 0) is 30.3 Å². The topological polar surface area (TPSA) is 82.3 Å². The summed E-state index contributed by atoms with van der Waals surface area (Å²) in [5.74, 6) is -1.33. The van der Waals surface area contributed by atoms with Crippen LogP contribution in [-0.2, 0) is 0 Å². The van der Waals surface area contributed by atoms with Crippen LogP contribution in [0.3, 0.4) is 0 Å². The van der Waals surface area contributed by atoms with Crippen molar-refractivity contribution in [2.45, 2.75) is 0 Å². The van der Waals surface area contributed by atoms with Crippen molar-refractivity contribution >= 4 is 11.6 Å². The molecular weight excluding hydrogens is 275 g/mol. The Morgan fingerprint density at radius 3 is 2.86 bits per heavy atom. The highest BCUT2D eigenvalue weighted by molar-refractivity contribution is 6.06. The molecule has 6 heteroatoms. The van der Waals surface area contributed by atoms with Crippen molar-refractivity contribution in [1.82, 2.24) is 0 Å². The number of benzene rings is 2. The highest BCUT2D eigenvalue weighted by Gasteiger charge is 2.14. The Hall–Kier alpha value is -3.07. The molecule has 0 spiro atoms. The van der Waals surface area contributed by atoms with Gasteiger partial charge in [0.15, 0.2) is 6.61 Å². The molecule has 0 bridgehead atoms. The van der Waals surface area contributed by atoms with Gasteiger partial charge in [0, 0.05) is 0 Å². The van der Waals surface area contributed by atoms with Gasteiger partial charge in [0.1, 0.15) is 23.4 Å². The normalized spacial score (nSPS) is 9.71. The highest BCUT2D eigenvalue weighted by atomic mass is 19.1. The number of ether oxygens (including phenoxy) is 1. The first-order valence-electron chi connectivity index (χ1n) is 6.00. The average molecular weight is 286 g/mol. The molecule has 2 aromatic rings. The molecule has 0 saturated carbocycles. The van der Waals surface area contributed by atoms with Crippen LogP contribution >= 0.6 is 0 Å². The molecule has 106 valence electrons. The van der Waals surface area contributed by atoms with Crippen molar-refractivity contribution in [3.8, 4) is 17.6 Å². The molecule has 0 aliphatic rings. The first-order chi connectivity index (χ1) is 10.1. The number of para-hydroxylation sites is 2. The number of nitriles is 1. The van der Waals surface area contributed by atoms with Crippen LogP contribution in [0.25, 0.3) is 0 Å².